The van der Waals surface area contributed by atoms with Crippen LogP contribution >= 0.6 is 0 Å². The van der Waals surface area contributed by atoms with Gasteiger partial charge in [0.2, 0.25) is 0 Å². The molecule has 1 aromatic carbocycles. The number of epoxide rings is 1. The lowest BCUT2D eigenvalue weighted by molar-refractivity contribution is -0.142. The van der Waals surface area contributed by atoms with E-state index in [-0.39, 0.29) is 48.7 Å². The molecule has 166 valence electrons. The zero-order chi connectivity index (χ0) is 22.3. The zero-order valence-corrected chi connectivity index (χ0v) is 18.2. The van der Waals surface area contributed by atoms with Gasteiger partial charge in [-0.25, -0.2) is 4.79 Å². The van der Waals surface area contributed by atoms with E-state index in [1.165, 1.54) is 0 Å². The van der Waals surface area contributed by atoms with E-state index < -0.39 is 0 Å². The third-order valence-corrected chi connectivity index (χ3v) is 6.87. The molecule has 5 rings (SSSR count). The maximum Gasteiger partial charge on any atom is 0.334 e. The lowest BCUT2D eigenvalue weighted by atomic mass is 9.84. The summed E-state index contributed by atoms with van der Waals surface area (Å²) in [4.78, 5) is 28.9. The van der Waals surface area contributed by atoms with Crippen molar-refractivity contribution in [3.05, 3.63) is 65.9 Å². The Labute approximate surface area is 187 Å². The van der Waals surface area contributed by atoms with Gasteiger partial charge in [0.1, 0.15) is 18.8 Å². The van der Waals surface area contributed by atoms with E-state index in [2.05, 4.69) is 24.6 Å². The number of aromatic nitrogens is 1. The first-order valence-electron chi connectivity index (χ1n) is 11.2. The fourth-order valence-corrected chi connectivity index (χ4v) is 4.88. The van der Waals surface area contributed by atoms with Gasteiger partial charge in [-0.05, 0) is 61.9 Å². The largest absolute Gasteiger partial charge is 0.461 e. The van der Waals surface area contributed by atoms with E-state index in [0.717, 1.165) is 47.7 Å². The highest BCUT2D eigenvalue weighted by Crippen LogP contribution is 2.49. The second-order valence-electron chi connectivity index (χ2n) is 9.16. The molecule has 4 atom stereocenters. The molecule has 2 aromatic rings. The summed E-state index contributed by atoms with van der Waals surface area (Å²) in [7, 11) is 0. The number of pyridine rings is 1. The van der Waals surface area contributed by atoms with Crippen molar-refractivity contribution >= 4 is 22.8 Å². The highest BCUT2D eigenvalue weighted by Gasteiger charge is 2.61. The summed E-state index contributed by atoms with van der Waals surface area (Å²) in [6.07, 6.45) is 6.95. The highest BCUT2D eigenvalue weighted by molar-refractivity contribution is 5.91. The molecule has 1 aliphatic carbocycles. The third kappa shape index (κ3) is 4.07. The Morgan fingerprint density at radius 3 is 3.09 bits per heavy atom. The summed E-state index contributed by atoms with van der Waals surface area (Å²) in [6, 6.07) is 9.67. The molecule has 3 heterocycles. The van der Waals surface area contributed by atoms with E-state index in [1.807, 2.05) is 30.3 Å². The van der Waals surface area contributed by atoms with Crippen LogP contribution in [0, 0.1) is 5.92 Å². The van der Waals surface area contributed by atoms with Crippen LogP contribution in [-0.4, -0.2) is 41.3 Å². The SMILES string of the molecule is C=C1C(=O)O[C@H]2[C@H]1CC/C(COC(=O)Cc1ccc3ncccc3c1)=C\CC[C@@]1(C)O[C@@H]21. The van der Waals surface area contributed by atoms with Gasteiger partial charge in [-0.1, -0.05) is 24.8 Å². The van der Waals surface area contributed by atoms with Gasteiger partial charge in [-0.3, -0.25) is 9.78 Å². The van der Waals surface area contributed by atoms with Crippen molar-refractivity contribution in [2.45, 2.75) is 56.8 Å². The number of allylic oxidation sites excluding steroid dienone is 1. The Hall–Kier alpha value is -2.99. The van der Waals surface area contributed by atoms with Crippen molar-refractivity contribution in [1.82, 2.24) is 4.98 Å². The molecule has 0 bridgehead atoms. The lowest BCUT2D eigenvalue weighted by Gasteiger charge is -2.20. The summed E-state index contributed by atoms with van der Waals surface area (Å²) in [5, 5.41) is 1.00. The van der Waals surface area contributed by atoms with Crippen LogP contribution in [0.3, 0.4) is 0 Å². The number of esters is 2. The normalized spacial score (nSPS) is 31.2. The minimum atomic E-state index is -0.320. The molecule has 2 fully saturated rings. The number of carbonyl (C=O) groups is 2. The monoisotopic (exact) mass is 433 g/mol. The van der Waals surface area contributed by atoms with Crippen LogP contribution in [-0.2, 0) is 30.2 Å². The molecule has 32 heavy (non-hydrogen) atoms. The van der Waals surface area contributed by atoms with Gasteiger partial charge >= 0.3 is 11.9 Å². The fraction of sp³-hybridized carbons (Fsp3) is 0.423. The molecule has 1 aromatic heterocycles. The topological polar surface area (TPSA) is 78.0 Å². The smallest absolute Gasteiger partial charge is 0.334 e. The van der Waals surface area contributed by atoms with E-state index in [1.54, 1.807) is 6.20 Å². The lowest BCUT2D eigenvalue weighted by Crippen LogP contribution is -2.29. The molecule has 6 heteroatoms. The Kier molecular flexibility index (Phi) is 5.33. The molecule has 0 unspecified atom stereocenters. The van der Waals surface area contributed by atoms with Crippen molar-refractivity contribution in [3.8, 4) is 0 Å². The van der Waals surface area contributed by atoms with Crippen molar-refractivity contribution in [2.75, 3.05) is 6.61 Å². The fourth-order valence-electron chi connectivity index (χ4n) is 4.88. The van der Waals surface area contributed by atoms with Gasteiger partial charge in [0, 0.05) is 23.1 Å². The van der Waals surface area contributed by atoms with Crippen molar-refractivity contribution in [2.24, 2.45) is 5.92 Å². The summed E-state index contributed by atoms with van der Waals surface area (Å²) in [5.41, 5.74) is 3.13. The first kappa shape index (κ1) is 20.9. The van der Waals surface area contributed by atoms with Gasteiger partial charge in [0.25, 0.3) is 0 Å². The van der Waals surface area contributed by atoms with Gasteiger partial charge in [0.05, 0.1) is 17.5 Å². The second-order valence-corrected chi connectivity index (χ2v) is 9.16. The Morgan fingerprint density at radius 2 is 2.22 bits per heavy atom. The molecule has 0 N–H and O–H groups in total. The first-order chi connectivity index (χ1) is 15.4. The van der Waals surface area contributed by atoms with Crippen LogP contribution in [0.4, 0.5) is 0 Å². The maximum absolute atomic E-state index is 12.5. The van der Waals surface area contributed by atoms with Crippen molar-refractivity contribution < 1.29 is 23.8 Å². The van der Waals surface area contributed by atoms with Crippen LogP contribution in [0.1, 0.15) is 38.2 Å². The summed E-state index contributed by atoms with van der Waals surface area (Å²) in [5.74, 6) is -0.636. The number of rotatable bonds is 4. The van der Waals surface area contributed by atoms with Gasteiger partial charge in [-0.15, -0.1) is 0 Å². The third-order valence-electron chi connectivity index (χ3n) is 6.87. The van der Waals surface area contributed by atoms with Crippen molar-refractivity contribution in [3.63, 3.8) is 0 Å². The predicted molar refractivity (Wildman–Crippen MR) is 119 cm³/mol. The van der Waals surface area contributed by atoms with E-state index in [0.29, 0.717) is 5.57 Å². The van der Waals surface area contributed by atoms with Crippen molar-refractivity contribution in [1.29, 1.82) is 0 Å². The Bertz CT molecular complexity index is 1120. The zero-order valence-electron chi connectivity index (χ0n) is 18.2. The maximum atomic E-state index is 12.5. The molecule has 2 aliphatic heterocycles. The molecule has 6 nitrogen and oxygen atoms in total. The quantitative estimate of drug-likeness (QED) is 0.313. The minimum Gasteiger partial charge on any atom is -0.461 e. The minimum absolute atomic E-state index is 0.0550. The first-order valence-corrected chi connectivity index (χ1v) is 11.2. The molecular weight excluding hydrogens is 406 g/mol. The summed E-state index contributed by atoms with van der Waals surface area (Å²) in [6.45, 7) is 6.27. The molecule has 0 saturated carbocycles. The number of hydrogen-bond acceptors (Lipinski definition) is 6. The van der Waals surface area contributed by atoms with E-state index in [4.69, 9.17) is 14.2 Å². The molecule has 3 aliphatic rings. The number of fused-ring (bicyclic) bond motifs is 4. The van der Waals surface area contributed by atoms with Gasteiger partial charge < -0.3 is 14.2 Å². The number of hydrogen-bond donors (Lipinski definition) is 0. The predicted octanol–water partition coefficient (Wildman–Crippen LogP) is 4.08. The molecule has 0 amide bonds. The molecule has 2 saturated heterocycles. The Morgan fingerprint density at radius 1 is 1.34 bits per heavy atom. The molecular formula is C26H27NO5. The highest BCUT2D eigenvalue weighted by atomic mass is 16.6. The molecule has 0 spiro atoms. The van der Waals surface area contributed by atoms with Crippen LogP contribution in [0.2, 0.25) is 0 Å². The average Bonchev–Trinajstić information content (AvgIpc) is 3.37. The van der Waals surface area contributed by atoms with Gasteiger partial charge in [-0.2, -0.15) is 0 Å². The standard InChI is InChI=1S/C26H27NO5/c1-16-20-9-7-17(5-3-11-26(2)24(32-26)23(20)31-25(16)29)15-30-22(28)14-18-8-10-21-19(13-18)6-4-12-27-21/h4-6,8,10,12-13,20,23-24H,1,3,7,9,11,14-15H2,2H3/b17-5+/t20-,23-,24-,26+/m0/s1. The van der Waals surface area contributed by atoms with E-state index >= 15 is 0 Å². The number of carbonyl (C=O) groups excluding carboxylic acids is 2. The van der Waals surface area contributed by atoms with Crippen LogP contribution in [0.15, 0.2) is 60.3 Å². The van der Waals surface area contributed by atoms with Crippen LogP contribution in [0.25, 0.3) is 10.9 Å². The average molecular weight is 434 g/mol. The van der Waals surface area contributed by atoms with Crippen LogP contribution < -0.4 is 0 Å². The summed E-state index contributed by atoms with van der Waals surface area (Å²) < 4.78 is 17.1. The molecule has 0 radical (unpaired) electrons. The summed E-state index contributed by atoms with van der Waals surface area (Å²) >= 11 is 0. The van der Waals surface area contributed by atoms with Gasteiger partial charge in [0.15, 0.2) is 0 Å². The number of benzene rings is 1. The number of nitrogens with zero attached hydrogens (tertiary/aromatic N) is 1. The van der Waals surface area contributed by atoms with Crippen LogP contribution in [0.5, 0.6) is 0 Å². The second kappa shape index (κ2) is 8.17. The van der Waals surface area contributed by atoms with E-state index in [9.17, 15) is 9.59 Å². The Balaban J connectivity index is 1.22. The number of ether oxygens (including phenoxy) is 3.